The zero-order chi connectivity index (χ0) is 14.7. The Labute approximate surface area is 128 Å². The zero-order valence-corrected chi connectivity index (χ0v) is 13.2. The van der Waals surface area contributed by atoms with Crippen LogP contribution in [0, 0.1) is 12.8 Å². The highest BCUT2D eigenvalue weighted by Gasteiger charge is 2.19. The summed E-state index contributed by atoms with van der Waals surface area (Å²) in [6.45, 7) is 5.38. The summed E-state index contributed by atoms with van der Waals surface area (Å²) < 4.78 is 0. The average Bonchev–Trinajstić information content (AvgIpc) is 2.53. The van der Waals surface area contributed by atoms with Crippen LogP contribution in [0.5, 0.6) is 0 Å². The van der Waals surface area contributed by atoms with Gasteiger partial charge in [-0.25, -0.2) is 0 Å². The lowest BCUT2D eigenvalue weighted by Crippen LogP contribution is -2.34. The van der Waals surface area contributed by atoms with Gasteiger partial charge in [0.2, 0.25) is 0 Å². The van der Waals surface area contributed by atoms with Gasteiger partial charge >= 0.3 is 0 Å². The molecule has 0 spiro atoms. The molecule has 1 heterocycles. The van der Waals surface area contributed by atoms with Crippen molar-refractivity contribution in [3.63, 3.8) is 0 Å². The van der Waals surface area contributed by atoms with Crippen molar-refractivity contribution in [1.82, 2.24) is 10.3 Å². The highest BCUT2D eigenvalue weighted by atomic mass is 14.9. The summed E-state index contributed by atoms with van der Waals surface area (Å²) in [5.74, 6) is 0.855. The fourth-order valence-corrected chi connectivity index (χ4v) is 3.61. The van der Waals surface area contributed by atoms with Crippen LogP contribution >= 0.6 is 0 Å². The first-order chi connectivity index (χ1) is 10.2. The van der Waals surface area contributed by atoms with E-state index in [9.17, 15) is 0 Å². The minimum Gasteiger partial charge on any atom is -0.310 e. The number of hydrogen-bond acceptors (Lipinski definition) is 2. The Bertz CT molecular complexity index is 600. The third-order valence-electron chi connectivity index (χ3n) is 4.90. The Balaban J connectivity index is 1.72. The molecule has 112 valence electrons. The second kappa shape index (κ2) is 6.57. The van der Waals surface area contributed by atoms with Gasteiger partial charge in [0.25, 0.3) is 0 Å². The maximum atomic E-state index is 4.63. The van der Waals surface area contributed by atoms with Gasteiger partial charge in [0.1, 0.15) is 0 Å². The number of nitrogens with one attached hydrogen (secondary N) is 1. The molecule has 0 saturated heterocycles. The van der Waals surface area contributed by atoms with Crippen molar-refractivity contribution in [2.75, 3.05) is 0 Å². The molecule has 1 aliphatic carbocycles. The third-order valence-corrected chi connectivity index (χ3v) is 4.90. The number of para-hydroxylation sites is 1. The molecule has 2 heteroatoms. The first kappa shape index (κ1) is 14.5. The number of hydrogen-bond donors (Lipinski definition) is 1. The second-order valence-electron chi connectivity index (χ2n) is 6.51. The van der Waals surface area contributed by atoms with Crippen molar-refractivity contribution in [3.05, 3.63) is 41.6 Å². The molecular formula is C19H26N2. The standard InChI is InChI=1S/C19H26N2/c1-14-12-17(18-10-6-7-11-19(18)21-14)13-20-15(2)16-8-4-3-5-9-16/h6-7,10-12,15-16,20H,3-5,8-9,13H2,1-2H3/t15-/m1/s1. The van der Waals surface area contributed by atoms with Crippen molar-refractivity contribution in [3.8, 4) is 0 Å². The number of fused-ring (bicyclic) bond motifs is 1. The van der Waals surface area contributed by atoms with Crippen molar-refractivity contribution < 1.29 is 0 Å². The lowest BCUT2D eigenvalue weighted by molar-refractivity contribution is 0.281. The topological polar surface area (TPSA) is 24.9 Å². The van der Waals surface area contributed by atoms with Crippen LogP contribution in [-0.4, -0.2) is 11.0 Å². The molecule has 1 N–H and O–H groups in total. The molecule has 2 aromatic rings. The Kier molecular flexibility index (Phi) is 4.54. The molecule has 0 aliphatic heterocycles. The van der Waals surface area contributed by atoms with Gasteiger partial charge in [-0.1, -0.05) is 37.5 Å². The molecule has 21 heavy (non-hydrogen) atoms. The summed E-state index contributed by atoms with van der Waals surface area (Å²) in [5, 5.41) is 5.04. The normalized spacial score (nSPS) is 18.0. The Morgan fingerprint density at radius 2 is 1.95 bits per heavy atom. The molecule has 0 unspecified atom stereocenters. The number of aromatic nitrogens is 1. The molecule has 3 rings (SSSR count). The zero-order valence-electron chi connectivity index (χ0n) is 13.2. The molecule has 1 aromatic carbocycles. The fourth-order valence-electron chi connectivity index (χ4n) is 3.61. The van der Waals surface area contributed by atoms with Gasteiger partial charge in [0.15, 0.2) is 0 Å². The van der Waals surface area contributed by atoms with Crippen LogP contribution in [0.3, 0.4) is 0 Å². The van der Waals surface area contributed by atoms with Gasteiger partial charge < -0.3 is 5.32 Å². The number of pyridine rings is 1. The second-order valence-corrected chi connectivity index (χ2v) is 6.51. The predicted molar refractivity (Wildman–Crippen MR) is 89.4 cm³/mol. The largest absolute Gasteiger partial charge is 0.310 e. The molecule has 1 atom stereocenters. The number of benzene rings is 1. The summed E-state index contributed by atoms with van der Waals surface area (Å²) >= 11 is 0. The van der Waals surface area contributed by atoms with Crippen LogP contribution in [0.2, 0.25) is 0 Å². The summed E-state index contributed by atoms with van der Waals surface area (Å²) in [7, 11) is 0. The molecule has 0 radical (unpaired) electrons. The minimum absolute atomic E-state index is 0.609. The maximum Gasteiger partial charge on any atom is 0.0708 e. The van der Waals surface area contributed by atoms with Gasteiger partial charge in [0, 0.05) is 23.7 Å². The summed E-state index contributed by atoms with van der Waals surface area (Å²) in [6, 6.07) is 11.3. The molecule has 2 nitrogen and oxygen atoms in total. The van der Waals surface area contributed by atoms with Crippen molar-refractivity contribution >= 4 is 10.9 Å². The Hall–Kier alpha value is -1.41. The molecular weight excluding hydrogens is 256 g/mol. The maximum absolute atomic E-state index is 4.63. The molecule has 1 aliphatic rings. The van der Waals surface area contributed by atoms with Gasteiger partial charge in [-0.2, -0.15) is 0 Å². The van der Waals surface area contributed by atoms with E-state index in [0.717, 1.165) is 23.7 Å². The van der Waals surface area contributed by atoms with Crippen molar-refractivity contribution in [2.45, 2.75) is 58.5 Å². The first-order valence-electron chi connectivity index (χ1n) is 8.32. The highest BCUT2D eigenvalue weighted by Crippen LogP contribution is 2.26. The summed E-state index contributed by atoms with van der Waals surface area (Å²) in [5.41, 5.74) is 3.59. The minimum atomic E-state index is 0.609. The third kappa shape index (κ3) is 3.44. The number of nitrogens with zero attached hydrogens (tertiary/aromatic N) is 1. The van der Waals surface area contributed by atoms with E-state index < -0.39 is 0 Å². The Morgan fingerprint density at radius 3 is 2.76 bits per heavy atom. The smallest absolute Gasteiger partial charge is 0.0708 e. The quantitative estimate of drug-likeness (QED) is 0.886. The highest BCUT2D eigenvalue weighted by molar-refractivity contribution is 5.82. The molecule has 1 fully saturated rings. The van der Waals surface area contributed by atoms with E-state index in [2.05, 4.69) is 54.5 Å². The van der Waals surface area contributed by atoms with Crippen LogP contribution in [0.1, 0.15) is 50.3 Å². The first-order valence-corrected chi connectivity index (χ1v) is 8.32. The molecule has 1 saturated carbocycles. The van der Waals surface area contributed by atoms with E-state index in [-0.39, 0.29) is 0 Å². The van der Waals surface area contributed by atoms with Crippen molar-refractivity contribution in [1.29, 1.82) is 0 Å². The predicted octanol–water partition coefficient (Wildman–Crippen LogP) is 4.60. The van der Waals surface area contributed by atoms with Crippen molar-refractivity contribution in [2.24, 2.45) is 5.92 Å². The fraction of sp³-hybridized carbons (Fsp3) is 0.526. The lowest BCUT2D eigenvalue weighted by Gasteiger charge is -2.28. The van der Waals surface area contributed by atoms with Gasteiger partial charge in [-0.15, -0.1) is 0 Å². The van der Waals surface area contributed by atoms with Gasteiger partial charge in [-0.05, 0) is 50.3 Å². The monoisotopic (exact) mass is 282 g/mol. The van der Waals surface area contributed by atoms with Crippen LogP contribution in [0.4, 0.5) is 0 Å². The van der Waals surface area contributed by atoms with Gasteiger partial charge in [-0.3, -0.25) is 4.98 Å². The van der Waals surface area contributed by atoms with E-state index in [0.29, 0.717) is 6.04 Å². The van der Waals surface area contributed by atoms with Gasteiger partial charge in [0.05, 0.1) is 5.52 Å². The number of aryl methyl sites for hydroxylation is 1. The van der Waals surface area contributed by atoms with E-state index >= 15 is 0 Å². The van der Waals surface area contributed by atoms with Crippen LogP contribution < -0.4 is 5.32 Å². The molecule has 0 bridgehead atoms. The van der Waals surface area contributed by atoms with Crippen LogP contribution in [-0.2, 0) is 6.54 Å². The summed E-state index contributed by atoms with van der Waals surface area (Å²) in [6.07, 6.45) is 7.04. The SMILES string of the molecule is Cc1cc(CN[C@H](C)C2CCCCC2)c2ccccc2n1. The van der Waals surface area contributed by atoms with Crippen LogP contribution in [0.15, 0.2) is 30.3 Å². The number of rotatable bonds is 4. The van der Waals surface area contributed by atoms with E-state index in [1.54, 1.807) is 0 Å². The molecule has 0 amide bonds. The average molecular weight is 282 g/mol. The Morgan fingerprint density at radius 1 is 1.19 bits per heavy atom. The van der Waals surface area contributed by atoms with E-state index in [1.165, 1.54) is 43.1 Å². The van der Waals surface area contributed by atoms with E-state index in [1.807, 2.05) is 0 Å². The van der Waals surface area contributed by atoms with E-state index in [4.69, 9.17) is 0 Å². The molecule has 1 aromatic heterocycles. The van der Waals surface area contributed by atoms with Crippen LogP contribution in [0.25, 0.3) is 10.9 Å². The lowest BCUT2D eigenvalue weighted by atomic mass is 9.84. The summed E-state index contributed by atoms with van der Waals surface area (Å²) in [4.78, 5) is 4.63.